The van der Waals surface area contributed by atoms with Gasteiger partial charge in [0.2, 0.25) is 12.0 Å². The number of benzene rings is 2. The number of aliphatic hydroxyl groups is 4. The normalized spacial score (nSPS) is 28.2. The van der Waals surface area contributed by atoms with E-state index in [9.17, 15) is 35.4 Å². The van der Waals surface area contributed by atoms with Crippen molar-refractivity contribution in [1.82, 2.24) is 0 Å². The summed E-state index contributed by atoms with van der Waals surface area (Å²) >= 11 is 0. The number of hydrogen-bond donors (Lipinski definition) is 7. The van der Waals surface area contributed by atoms with Crippen LogP contribution in [0.1, 0.15) is 55.8 Å². The third-order valence-corrected chi connectivity index (χ3v) is 9.51. The van der Waals surface area contributed by atoms with E-state index in [0.29, 0.717) is 37.2 Å². The molecule has 0 spiro atoms. The zero-order valence-electron chi connectivity index (χ0n) is 27.8. The summed E-state index contributed by atoms with van der Waals surface area (Å²) in [7, 11) is 0. The highest BCUT2D eigenvalue weighted by atomic mass is 16.7. The van der Waals surface area contributed by atoms with Crippen molar-refractivity contribution in [3.63, 3.8) is 0 Å². The summed E-state index contributed by atoms with van der Waals surface area (Å²) in [5, 5.41) is 73.8. The lowest BCUT2D eigenvalue weighted by atomic mass is 9.80. The van der Waals surface area contributed by atoms with Gasteiger partial charge in [-0.2, -0.15) is 0 Å². The van der Waals surface area contributed by atoms with Crippen LogP contribution >= 0.6 is 0 Å². The fourth-order valence-electron chi connectivity index (χ4n) is 6.81. The molecule has 1 saturated heterocycles. The van der Waals surface area contributed by atoms with Crippen LogP contribution in [0.25, 0.3) is 5.76 Å². The van der Waals surface area contributed by atoms with Gasteiger partial charge < -0.3 is 54.3 Å². The number of phenolic OH excluding ortho intramolecular Hbond substituents is 1. The summed E-state index contributed by atoms with van der Waals surface area (Å²) in [6, 6.07) is 8.28. The van der Waals surface area contributed by atoms with Gasteiger partial charge in [0.15, 0.2) is 17.6 Å². The molecule has 7 N–H and O–H groups in total. The first-order valence-electron chi connectivity index (χ1n) is 16.9. The maximum atomic E-state index is 12.3. The predicted molar refractivity (Wildman–Crippen MR) is 185 cm³/mol. The van der Waals surface area contributed by atoms with E-state index in [4.69, 9.17) is 29.1 Å². The molecule has 0 amide bonds. The minimum Gasteiger partial charge on any atom is -0.507 e. The van der Waals surface area contributed by atoms with E-state index in [1.54, 1.807) is 36.4 Å². The number of aromatic hydroxyl groups is 1. The highest BCUT2D eigenvalue weighted by Gasteiger charge is 2.59. The molecule has 0 radical (unpaired) electrons. The molecule has 1 aliphatic carbocycles. The Bertz CT molecular complexity index is 1880. The van der Waals surface area contributed by atoms with Crippen LogP contribution in [0.3, 0.4) is 0 Å². The van der Waals surface area contributed by atoms with Gasteiger partial charge in [-0.1, -0.05) is 12.1 Å². The molecule has 5 aliphatic rings. The van der Waals surface area contributed by atoms with Crippen LogP contribution in [-0.2, 0) is 9.53 Å². The number of phenols is 1. The molecule has 7 rings (SSSR count). The number of carboxylic acids is 1. The molecule has 16 nitrogen and oxygen atoms in total. The van der Waals surface area contributed by atoms with Crippen molar-refractivity contribution < 1.29 is 59.1 Å². The van der Waals surface area contributed by atoms with Crippen molar-refractivity contribution in [3.8, 4) is 28.7 Å². The summed E-state index contributed by atoms with van der Waals surface area (Å²) in [4.78, 5) is 24.3. The number of aliphatic imine (C=N–C) groups is 3. The second kappa shape index (κ2) is 14.4. The maximum absolute atomic E-state index is 12.3. The summed E-state index contributed by atoms with van der Waals surface area (Å²) in [6.45, 7) is 0.431. The molecule has 6 unspecified atom stereocenters. The zero-order chi connectivity index (χ0) is 36.6. The molecule has 4 heterocycles. The first-order valence-corrected chi connectivity index (χ1v) is 16.9. The Labute approximate surface area is 297 Å². The molecular formula is C36H38N4O12. The fourth-order valence-corrected chi connectivity index (χ4v) is 6.81. The zero-order valence-corrected chi connectivity index (χ0v) is 27.8. The average Bonchev–Trinajstić information content (AvgIpc) is 3.91. The molecule has 2 aromatic carbocycles. The third kappa shape index (κ3) is 6.97. The van der Waals surface area contributed by atoms with Crippen LogP contribution in [0.5, 0.6) is 28.7 Å². The molecular weight excluding hydrogens is 680 g/mol. The van der Waals surface area contributed by atoms with Crippen molar-refractivity contribution in [1.29, 1.82) is 5.41 Å². The molecule has 0 bridgehead atoms. The van der Waals surface area contributed by atoms with Crippen molar-refractivity contribution in [2.24, 2.45) is 15.0 Å². The molecule has 4 aliphatic heterocycles. The van der Waals surface area contributed by atoms with E-state index < -0.39 is 54.4 Å². The second-order valence-electron chi connectivity index (χ2n) is 13.1. The minimum absolute atomic E-state index is 0.0241. The molecule has 6 atom stereocenters. The van der Waals surface area contributed by atoms with Gasteiger partial charge in [0.05, 0.1) is 19.3 Å². The third-order valence-electron chi connectivity index (χ3n) is 9.51. The number of hydrogen-bond acceptors (Lipinski definition) is 14. The van der Waals surface area contributed by atoms with E-state index in [2.05, 4.69) is 15.0 Å². The van der Waals surface area contributed by atoms with Crippen molar-refractivity contribution in [2.75, 3.05) is 13.2 Å². The van der Waals surface area contributed by atoms with Gasteiger partial charge in [-0.3, -0.25) is 10.4 Å². The van der Waals surface area contributed by atoms with Gasteiger partial charge in [-0.25, -0.2) is 14.8 Å². The van der Waals surface area contributed by atoms with Crippen molar-refractivity contribution in [2.45, 2.75) is 80.9 Å². The highest BCUT2D eigenvalue weighted by Crippen LogP contribution is 2.52. The van der Waals surface area contributed by atoms with Crippen molar-refractivity contribution >= 4 is 35.3 Å². The number of rotatable bonds is 12. The van der Waals surface area contributed by atoms with E-state index in [1.165, 1.54) is 18.5 Å². The quantitative estimate of drug-likeness (QED) is 0.167. The standard InChI is InChI=1S/C36H38N4O12/c37-27-10-7-19(40-27)11-12-48-21-8-5-18(6-9-21)24-13-23(41)28-25(50-24)14-26(31(29(28)42)49-22-3-1-2-4-22)51-35-30(43)32(44)36(47,33(52-35)34(45)46)15-20-16-38-17-39-20/h5-10,13-14,17,22,24,30,32-33,35,37,41-44,47H,1-4,11-12,15-16H2,(H,45,46). The van der Waals surface area contributed by atoms with Crippen LogP contribution < -0.4 is 18.9 Å². The molecule has 52 heavy (non-hydrogen) atoms. The van der Waals surface area contributed by atoms with Gasteiger partial charge in [0, 0.05) is 36.4 Å². The first-order chi connectivity index (χ1) is 25.0. The second-order valence-corrected chi connectivity index (χ2v) is 13.1. The lowest BCUT2D eigenvalue weighted by Gasteiger charge is -2.46. The van der Waals surface area contributed by atoms with Crippen LogP contribution in [0.4, 0.5) is 0 Å². The van der Waals surface area contributed by atoms with Crippen LogP contribution in [0, 0.1) is 5.41 Å². The summed E-state index contributed by atoms with van der Waals surface area (Å²) < 4.78 is 29.8. The molecule has 1 saturated carbocycles. The van der Waals surface area contributed by atoms with Crippen LogP contribution in [-0.4, -0.2) is 110 Å². The van der Waals surface area contributed by atoms with Gasteiger partial charge in [0.25, 0.3) is 0 Å². The Morgan fingerprint density at radius 1 is 1.08 bits per heavy atom. The van der Waals surface area contributed by atoms with E-state index >= 15 is 0 Å². The van der Waals surface area contributed by atoms with E-state index in [1.807, 2.05) is 0 Å². The summed E-state index contributed by atoms with van der Waals surface area (Å²) in [6.07, 6.45) is 0.149. The summed E-state index contributed by atoms with van der Waals surface area (Å²) in [5.41, 5.74) is -0.888. The topological polar surface area (TPSA) is 246 Å². The number of carboxylic acid groups (broad SMARTS) is 1. The number of aliphatic hydroxyl groups excluding tert-OH is 3. The Morgan fingerprint density at radius 3 is 2.52 bits per heavy atom. The van der Waals surface area contributed by atoms with E-state index in [0.717, 1.165) is 18.6 Å². The van der Waals surface area contributed by atoms with Crippen molar-refractivity contribution in [3.05, 3.63) is 59.7 Å². The number of carbonyl (C=O) groups is 1. The van der Waals surface area contributed by atoms with Gasteiger partial charge in [0.1, 0.15) is 58.9 Å². The lowest BCUT2D eigenvalue weighted by molar-refractivity contribution is -0.303. The Kier molecular flexibility index (Phi) is 9.71. The largest absolute Gasteiger partial charge is 0.507 e. The molecule has 2 fully saturated rings. The molecule has 2 aromatic rings. The number of allylic oxidation sites excluding steroid dienone is 1. The number of ether oxygens (including phenoxy) is 5. The lowest BCUT2D eigenvalue weighted by Crippen LogP contribution is -2.69. The molecule has 16 heteroatoms. The number of nitrogens with zero attached hydrogens (tertiary/aromatic N) is 3. The number of nitrogens with one attached hydrogen (secondary N) is 1. The predicted octanol–water partition coefficient (Wildman–Crippen LogP) is 3.02. The summed E-state index contributed by atoms with van der Waals surface area (Å²) in [5.74, 6) is -2.13. The Balaban J connectivity index is 1.13. The SMILES string of the molecule is N=C1C=CC(CCOc2ccc(C3C=C(O)c4c(cc(OC5OC(C(=O)O)C(O)(CC6=NC=NC6)C(O)C5O)c(OC5CCCC5)c4O)O3)cc2)=N1. The van der Waals surface area contributed by atoms with E-state index in [-0.39, 0.29) is 52.8 Å². The Hall–Kier alpha value is -5.29. The fraction of sp³-hybridized carbons (Fsp3) is 0.417. The highest BCUT2D eigenvalue weighted by molar-refractivity contribution is 6.14. The minimum atomic E-state index is -2.49. The molecule has 274 valence electrons. The van der Waals surface area contributed by atoms with Crippen LogP contribution in [0.15, 0.2) is 63.5 Å². The average molecular weight is 719 g/mol. The van der Waals surface area contributed by atoms with Gasteiger partial charge in [-0.05, 0) is 55.5 Å². The first kappa shape index (κ1) is 35.1. The monoisotopic (exact) mass is 718 g/mol. The number of amidine groups is 1. The smallest absolute Gasteiger partial charge is 0.336 e. The van der Waals surface area contributed by atoms with Crippen LogP contribution in [0.2, 0.25) is 0 Å². The molecule has 0 aromatic heterocycles. The Morgan fingerprint density at radius 2 is 1.85 bits per heavy atom. The van der Waals surface area contributed by atoms with Gasteiger partial charge >= 0.3 is 5.97 Å². The van der Waals surface area contributed by atoms with Gasteiger partial charge in [-0.15, -0.1) is 0 Å². The number of aliphatic carboxylic acids is 1. The number of fused-ring (bicyclic) bond motifs is 1. The maximum Gasteiger partial charge on any atom is 0.336 e.